The summed E-state index contributed by atoms with van der Waals surface area (Å²) in [5.41, 5.74) is 2.09. The summed E-state index contributed by atoms with van der Waals surface area (Å²) in [5, 5.41) is 0. The third-order valence-corrected chi connectivity index (χ3v) is 6.25. The number of thioether (sulfide) groups is 1. The number of benzene rings is 3. The maximum absolute atomic E-state index is 13.1. The van der Waals surface area contributed by atoms with Crippen molar-refractivity contribution < 1.29 is 18.0 Å². The minimum atomic E-state index is -4.50. The van der Waals surface area contributed by atoms with E-state index in [1.54, 1.807) is 6.08 Å². The second kappa shape index (κ2) is 8.80. The average molecular weight is 471 g/mol. The predicted octanol–water partition coefficient (Wildman–Crippen LogP) is 6.88. The first-order valence-electron chi connectivity index (χ1n) is 9.58. The molecule has 0 N–H and O–H groups in total. The zero-order valence-corrected chi connectivity index (χ0v) is 18.5. The number of para-hydroxylation sites is 1. The summed E-state index contributed by atoms with van der Waals surface area (Å²) < 4.78 is 39.4. The van der Waals surface area contributed by atoms with Crippen LogP contribution in [0.15, 0.2) is 83.8 Å². The molecule has 3 nitrogen and oxygen atoms in total. The van der Waals surface area contributed by atoms with E-state index in [-0.39, 0.29) is 10.0 Å². The molecule has 0 bridgehead atoms. The lowest BCUT2D eigenvalue weighted by Gasteiger charge is -2.19. The number of nitrogens with zero attached hydrogens (tertiary/aromatic N) is 2. The minimum absolute atomic E-state index is 0.102. The largest absolute Gasteiger partial charge is 0.416 e. The average Bonchev–Trinajstić information content (AvgIpc) is 3.06. The van der Waals surface area contributed by atoms with Gasteiger partial charge in [0.2, 0.25) is 0 Å². The maximum Gasteiger partial charge on any atom is 0.416 e. The Balaban J connectivity index is 1.56. The molecule has 1 fully saturated rings. The monoisotopic (exact) mass is 470 g/mol. The van der Waals surface area contributed by atoms with Crippen LogP contribution in [0.1, 0.15) is 11.1 Å². The molecule has 3 aromatic rings. The number of anilines is 3. The van der Waals surface area contributed by atoms with E-state index >= 15 is 0 Å². The zero-order valence-electron chi connectivity index (χ0n) is 16.8. The van der Waals surface area contributed by atoms with Gasteiger partial charge < -0.3 is 4.90 Å². The number of hydrogen-bond donors (Lipinski definition) is 0. The topological polar surface area (TPSA) is 23.6 Å². The van der Waals surface area contributed by atoms with Crippen LogP contribution in [-0.2, 0) is 11.0 Å². The lowest BCUT2D eigenvalue weighted by Crippen LogP contribution is -2.27. The summed E-state index contributed by atoms with van der Waals surface area (Å²) in [7, 11) is 1.96. The predicted molar refractivity (Wildman–Crippen MR) is 128 cm³/mol. The van der Waals surface area contributed by atoms with Crippen molar-refractivity contribution in [2.45, 2.75) is 6.18 Å². The molecule has 0 spiro atoms. The molecule has 162 valence electrons. The molecule has 0 aliphatic carbocycles. The maximum atomic E-state index is 13.1. The standard InChI is InChI=1S/C24H17F3N2OS2/c1-28(18-7-3-2-4-8-18)19-12-10-16(11-13-19)14-21-22(30)29(23(31)32-21)20-9-5-6-17(15-20)24(25,26)27/h2-15H,1H3/b21-14+. The fourth-order valence-electron chi connectivity index (χ4n) is 3.26. The van der Waals surface area contributed by atoms with Gasteiger partial charge in [-0.15, -0.1) is 0 Å². The molecule has 0 atom stereocenters. The van der Waals surface area contributed by atoms with Crippen molar-refractivity contribution in [2.75, 3.05) is 16.8 Å². The summed E-state index contributed by atoms with van der Waals surface area (Å²) in [4.78, 5) is 16.4. The quantitative estimate of drug-likeness (QED) is 0.306. The number of hydrogen-bond acceptors (Lipinski definition) is 4. The minimum Gasteiger partial charge on any atom is -0.345 e. The highest BCUT2D eigenvalue weighted by molar-refractivity contribution is 8.27. The number of carbonyl (C=O) groups is 1. The lowest BCUT2D eigenvalue weighted by molar-refractivity contribution is -0.137. The van der Waals surface area contributed by atoms with E-state index < -0.39 is 17.6 Å². The Labute approximate surface area is 193 Å². The normalized spacial score (nSPS) is 15.5. The summed E-state index contributed by atoms with van der Waals surface area (Å²) >= 11 is 6.35. The van der Waals surface area contributed by atoms with Crippen LogP contribution >= 0.6 is 24.0 Å². The van der Waals surface area contributed by atoms with Crippen LogP contribution < -0.4 is 9.80 Å². The molecule has 0 radical (unpaired) electrons. The van der Waals surface area contributed by atoms with Crippen LogP contribution in [0.5, 0.6) is 0 Å². The highest BCUT2D eigenvalue weighted by Gasteiger charge is 2.36. The smallest absolute Gasteiger partial charge is 0.345 e. The van der Waals surface area contributed by atoms with Gasteiger partial charge in [-0.1, -0.05) is 60.4 Å². The molecular weight excluding hydrogens is 453 g/mol. The molecule has 8 heteroatoms. The molecule has 1 saturated heterocycles. The molecule has 0 saturated carbocycles. The number of alkyl halides is 3. The van der Waals surface area contributed by atoms with Gasteiger partial charge >= 0.3 is 6.18 Å². The van der Waals surface area contributed by atoms with E-state index in [2.05, 4.69) is 0 Å². The van der Waals surface area contributed by atoms with Crippen LogP contribution in [0.3, 0.4) is 0 Å². The number of thiocarbonyl (C=S) groups is 1. The van der Waals surface area contributed by atoms with E-state index in [1.165, 1.54) is 12.1 Å². The van der Waals surface area contributed by atoms with Gasteiger partial charge in [0.05, 0.1) is 16.2 Å². The van der Waals surface area contributed by atoms with Crippen molar-refractivity contribution in [3.8, 4) is 0 Å². The van der Waals surface area contributed by atoms with E-state index in [1.807, 2.05) is 66.5 Å². The Bertz CT molecular complexity index is 1190. The first-order valence-corrected chi connectivity index (χ1v) is 10.8. The Morgan fingerprint density at radius 2 is 1.59 bits per heavy atom. The van der Waals surface area contributed by atoms with Crippen molar-refractivity contribution in [3.05, 3.63) is 94.9 Å². The van der Waals surface area contributed by atoms with Crippen molar-refractivity contribution in [1.29, 1.82) is 0 Å². The van der Waals surface area contributed by atoms with Crippen LogP contribution in [0.4, 0.5) is 30.2 Å². The lowest BCUT2D eigenvalue weighted by atomic mass is 10.1. The second-order valence-corrected chi connectivity index (χ2v) is 8.73. The van der Waals surface area contributed by atoms with Gasteiger partial charge in [-0.05, 0) is 54.1 Å². The van der Waals surface area contributed by atoms with Crippen molar-refractivity contribution in [3.63, 3.8) is 0 Å². The number of halogens is 3. The molecule has 0 unspecified atom stereocenters. The van der Waals surface area contributed by atoms with Gasteiger partial charge in [0, 0.05) is 18.4 Å². The highest BCUT2D eigenvalue weighted by atomic mass is 32.2. The summed E-state index contributed by atoms with van der Waals surface area (Å²) in [6.45, 7) is 0. The molecule has 1 aliphatic rings. The molecule has 4 rings (SSSR count). The molecule has 1 aliphatic heterocycles. The van der Waals surface area contributed by atoms with Crippen molar-refractivity contribution in [1.82, 2.24) is 0 Å². The van der Waals surface area contributed by atoms with Crippen LogP contribution in [0.2, 0.25) is 0 Å². The van der Waals surface area contributed by atoms with Gasteiger partial charge in [-0.2, -0.15) is 13.2 Å². The SMILES string of the molecule is CN(c1ccccc1)c1ccc(/C=C2/SC(=S)N(c3cccc(C(F)(F)F)c3)C2=O)cc1. The third-order valence-electron chi connectivity index (χ3n) is 4.95. The van der Waals surface area contributed by atoms with E-state index in [9.17, 15) is 18.0 Å². The van der Waals surface area contributed by atoms with Gasteiger partial charge in [-0.3, -0.25) is 9.69 Å². The molecule has 32 heavy (non-hydrogen) atoms. The fourth-order valence-corrected chi connectivity index (χ4v) is 4.56. The van der Waals surface area contributed by atoms with Crippen LogP contribution in [-0.4, -0.2) is 17.3 Å². The van der Waals surface area contributed by atoms with Crippen molar-refractivity contribution in [2.24, 2.45) is 0 Å². The van der Waals surface area contributed by atoms with E-state index in [4.69, 9.17) is 12.2 Å². The highest BCUT2D eigenvalue weighted by Crippen LogP contribution is 2.38. The molecule has 0 aromatic heterocycles. The zero-order chi connectivity index (χ0) is 22.9. The van der Waals surface area contributed by atoms with Crippen LogP contribution in [0.25, 0.3) is 6.08 Å². The summed E-state index contributed by atoms with van der Waals surface area (Å²) in [6, 6.07) is 22.1. The van der Waals surface area contributed by atoms with E-state index in [0.717, 1.165) is 45.7 Å². The van der Waals surface area contributed by atoms with Crippen molar-refractivity contribution >= 4 is 57.3 Å². The van der Waals surface area contributed by atoms with Crippen LogP contribution in [0, 0.1) is 0 Å². The number of rotatable bonds is 4. The Kier molecular flexibility index (Phi) is 6.08. The van der Waals surface area contributed by atoms with Gasteiger partial charge in [0.15, 0.2) is 4.32 Å². The van der Waals surface area contributed by atoms with Gasteiger partial charge in [-0.25, -0.2) is 0 Å². The Morgan fingerprint density at radius 3 is 2.25 bits per heavy atom. The summed E-state index contributed by atoms with van der Waals surface area (Å²) in [5.74, 6) is -0.440. The second-order valence-electron chi connectivity index (χ2n) is 7.05. The van der Waals surface area contributed by atoms with Gasteiger partial charge in [0.1, 0.15) is 0 Å². The fraction of sp³-hybridized carbons (Fsp3) is 0.0833. The molecule has 1 amide bonds. The molecular formula is C24H17F3N2OS2. The Hall–Kier alpha value is -3.10. The van der Waals surface area contributed by atoms with Gasteiger partial charge in [0.25, 0.3) is 5.91 Å². The number of carbonyl (C=O) groups excluding carboxylic acids is 1. The first-order chi connectivity index (χ1) is 15.2. The Morgan fingerprint density at radius 1 is 0.938 bits per heavy atom. The number of amides is 1. The summed E-state index contributed by atoms with van der Waals surface area (Å²) in [6.07, 6.45) is -2.81. The third kappa shape index (κ3) is 4.56. The van der Waals surface area contributed by atoms with E-state index in [0.29, 0.717) is 4.91 Å². The first kappa shape index (κ1) is 22.1. The molecule has 1 heterocycles. The molecule has 3 aromatic carbocycles.